The van der Waals surface area contributed by atoms with Crippen LogP contribution in [-0.2, 0) is 10.0 Å². The minimum absolute atomic E-state index is 0.0481. The summed E-state index contributed by atoms with van der Waals surface area (Å²) >= 11 is 12.0. The van der Waals surface area contributed by atoms with Crippen molar-refractivity contribution in [2.24, 2.45) is 0 Å². The van der Waals surface area contributed by atoms with E-state index in [1.54, 1.807) is 18.2 Å². The zero-order chi connectivity index (χ0) is 19.6. The van der Waals surface area contributed by atoms with Gasteiger partial charge in [-0.2, -0.15) is 0 Å². The van der Waals surface area contributed by atoms with E-state index in [0.717, 1.165) is 9.99 Å². The molecule has 0 spiro atoms. The Morgan fingerprint density at radius 1 is 1.00 bits per heavy atom. The van der Waals surface area contributed by atoms with E-state index < -0.39 is 15.9 Å². The Morgan fingerprint density at radius 3 is 2.23 bits per heavy atom. The van der Waals surface area contributed by atoms with E-state index in [0.29, 0.717) is 10.7 Å². The van der Waals surface area contributed by atoms with Crippen LogP contribution in [0.25, 0.3) is 0 Å². The Morgan fingerprint density at radius 2 is 1.65 bits per heavy atom. The normalized spacial score (nSPS) is 11.5. The van der Waals surface area contributed by atoms with Crippen molar-refractivity contribution in [1.29, 1.82) is 0 Å². The molecule has 26 heavy (non-hydrogen) atoms. The number of sulfonamides is 1. The summed E-state index contributed by atoms with van der Waals surface area (Å²) in [6.45, 7) is 0. The molecular formula is C17H19Cl2N3O3S. The third-order valence-electron chi connectivity index (χ3n) is 3.64. The van der Waals surface area contributed by atoms with E-state index in [1.165, 1.54) is 32.3 Å². The monoisotopic (exact) mass is 415 g/mol. The Labute approximate surface area is 163 Å². The maximum Gasteiger partial charge on any atom is 0.255 e. The van der Waals surface area contributed by atoms with Gasteiger partial charge in [0.1, 0.15) is 4.90 Å². The number of amides is 1. The Hall–Kier alpha value is -1.80. The number of carbonyl (C=O) groups excluding carboxylic acids is 1. The lowest BCUT2D eigenvalue weighted by molar-refractivity contribution is 0.102. The fourth-order valence-electron chi connectivity index (χ4n) is 2.23. The van der Waals surface area contributed by atoms with Crippen LogP contribution in [0, 0.1) is 0 Å². The van der Waals surface area contributed by atoms with Crippen LogP contribution in [0.15, 0.2) is 41.3 Å². The molecule has 140 valence electrons. The van der Waals surface area contributed by atoms with Crippen LogP contribution in [0.2, 0.25) is 10.0 Å². The summed E-state index contributed by atoms with van der Waals surface area (Å²) in [7, 11) is 2.69. The average molecular weight is 416 g/mol. The van der Waals surface area contributed by atoms with Crippen LogP contribution in [0.5, 0.6) is 0 Å². The summed E-state index contributed by atoms with van der Waals surface area (Å²) in [6.07, 6.45) is 0. The molecule has 9 heteroatoms. The number of hydrogen-bond acceptors (Lipinski definition) is 4. The maximum atomic E-state index is 12.6. The van der Waals surface area contributed by atoms with E-state index in [9.17, 15) is 13.2 Å². The Bertz CT molecular complexity index is 944. The third kappa shape index (κ3) is 4.29. The highest BCUT2D eigenvalue weighted by atomic mass is 35.5. The predicted octanol–water partition coefficient (Wildman–Crippen LogP) is 3.56. The van der Waals surface area contributed by atoms with Crippen LogP contribution in [0.1, 0.15) is 10.4 Å². The molecule has 0 aliphatic heterocycles. The highest BCUT2D eigenvalue weighted by Gasteiger charge is 2.22. The first-order valence-corrected chi connectivity index (χ1v) is 9.74. The van der Waals surface area contributed by atoms with Crippen LogP contribution in [0.4, 0.5) is 11.4 Å². The van der Waals surface area contributed by atoms with Crippen molar-refractivity contribution < 1.29 is 13.2 Å². The Balaban J connectivity index is 2.42. The van der Waals surface area contributed by atoms with Gasteiger partial charge in [0.25, 0.3) is 5.91 Å². The molecule has 1 N–H and O–H groups in total. The second-order valence-electron chi connectivity index (χ2n) is 5.94. The summed E-state index contributed by atoms with van der Waals surface area (Å²) in [5.41, 5.74) is 1.44. The average Bonchev–Trinajstić information content (AvgIpc) is 2.54. The zero-order valence-corrected chi connectivity index (χ0v) is 17.1. The number of nitrogens with one attached hydrogen (secondary N) is 1. The lowest BCUT2D eigenvalue weighted by Gasteiger charge is -2.18. The number of benzene rings is 2. The number of halogens is 2. The van der Waals surface area contributed by atoms with Crippen LogP contribution < -0.4 is 10.2 Å². The number of nitrogens with zero attached hydrogens (tertiary/aromatic N) is 2. The van der Waals surface area contributed by atoms with Gasteiger partial charge in [0.2, 0.25) is 10.0 Å². The molecule has 0 saturated carbocycles. The van der Waals surface area contributed by atoms with Gasteiger partial charge in [-0.05, 0) is 36.4 Å². The number of rotatable bonds is 5. The lowest BCUT2D eigenvalue weighted by Crippen LogP contribution is -2.23. The van der Waals surface area contributed by atoms with E-state index in [-0.39, 0.29) is 15.5 Å². The Kier molecular flexibility index (Phi) is 6.18. The molecule has 0 saturated heterocycles. The van der Waals surface area contributed by atoms with Gasteiger partial charge in [-0.3, -0.25) is 4.79 Å². The number of hydrogen-bond donors (Lipinski definition) is 1. The third-order valence-corrected chi connectivity index (χ3v) is 6.17. The molecule has 1 amide bonds. The van der Waals surface area contributed by atoms with Crippen molar-refractivity contribution in [1.82, 2.24) is 4.31 Å². The first-order chi connectivity index (χ1) is 12.0. The second kappa shape index (κ2) is 7.84. The molecule has 0 aliphatic carbocycles. The van der Waals surface area contributed by atoms with Crippen LogP contribution >= 0.6 is 23.2 Å². The van der Waals surface area contributed by atoms with Crippen molar-refractivity contribution in [3.63, 3.8) is 0 Å². The largest absolute Gasteiger partial charge is 0.376 e. The molecule has 0 atom stereocenters. The molecule has 0 heterocycles. The summed E-state index contributed by atoms with van der Waals surface area (Å²) < 4.78 is 25.8. The van der Waals surface area contributed by atoms with Crippen molar-refractivity contribution >= 4 is 50.5 Å². The predicted molar refractivity (Wildman–Crippen MR) is 106 cm³/mol. The van der Waals surface area contributed by atoms with Gasteiger partial charge in [0, 0.05) is 38.8 Å². The standard InChI is InChI=1S/C17H19Cl2N3O3S/c1-21(2)15-8-6-12(18)10-14(15)20-17(23)11-5-7-13(19)16(9-11)26(24,25)22(3)4/h5-10H,1-4H3,(H,20,23). The van der Waals surface area contributed by atoms with Gasteiger partial charge in [0.15, 0.2) is 0 Å². The minimum atomic E-state index is -3.77. The topological polar surface area (TPSA) is 69.7 Å². The molecule has 2 rings (SSSR count). The van der Waals surface area contributed by atoms with Crippen molar-refractivity contribution in [3.05, 3.63) is 52.0 Å². The first kappa shape index (κ1) is 20.5. The first-order valence-electron chi connectivity index (χ1n) is 7.54. The molecular weight excluding hydrogens is 397 g/mol. The van der Waals surface area contributed by atoms with Crippen molar-refractivity contribution in [2.75, 3.05) is 38.4 Å². The van der Waals surface area contributed by atoms with E-state index >= 15 is 0 Å². The smallest absolute Gasteiger partial charge is 0.255 e. The summed E-state index contributed by atoms with van der Waals surface area (Å²) in [5.74, 6) is -0.470. The van der Waals surface area contributed by atoms with E-state index in [4.69, 9.17) is 23.2 Å². The van der Waals surface area contributed by atoms with E-state index in [2.05, 4.69) is 5.32 Å². The fraction of sp³-hybridized carbons (Fsp3) is 0.235. The van der Waals surface area contributed by atoms with Gasteiger partial charge >= 0.3 is 0 Å². The van der Waals surface area contributed by atoms with Gasteiger partial charge in [-0.15, -0.1) is 0 Å². The molecule has 0 aromatic heterocycles. The fourth-order valence-corrected chi connectivity index (χ4v) is 3.80. The molecule has 0 bridgehead atoms. The highest BCUT2D eigenvalue weighted by molar-refractivity contribution is 7.89. The maximum absolute atomic E-state index is 12.6. The van der Waals surface area contributed by atoms with Crippen LogP contribution in [0.3, 0.4) is 0 Å². The highest BCUT2D eigenvalue weighted by Crippen LogP contribution is 2.29. The van der Waals surface area contributed by atoms with Crippen molar-refractivity contribution in [2.45, 2.75) is 4.90 Å². The molecule has 0 radical (unpaired) electrons. The molecule has 2 aromatic rings. The van der Waals surface area contributed by atoms with Gasteiger partial charge in [-0.1, -0.05) is 23.2 Å². The molecule has 0 aliphatic rings. The molecule has 0 fully saturated rings. The van der Waals surface area contributed by atoms with E-state index in [1.807, 2.05) is 19.0 Å². The van der Waals surface area contributed by atoms with Gasteiger partial charge in [-0.25, -0.2) is 12.7 Å². The SMILES string of the molecule is CN(C)c1ccc(Cl)cc1NC(=O)c1ccc(Cl)c(S(=O)(=O)N(C)C)c1. The second-order valence-corrected chi connectivity index (χ2v) is 8.91. The molecule has 6 nitrogen and oxygen atoms in total. The number of anilines is 2. The quantitative estimate of drug-likeness (QED) is 0.809. The van der Waals surface area contributed by atoms with Crippen LogP contribution in [-0.4, -0.2) is 46.8 Å². The lowest BCUT2D eigenvalue weighted by atomic mass is 10.2. The summed E-state index contributed by atoms with van der Waals surface area (Å²) in [6, 6.07) is 9.23. The number of carbonyl (C=O) groups is 1. The minimum Gasteiger partial charge on any atom is -0.376 e. The van der Waals surface area contributed by atoms with Crippen molar-refractivity contribution in [3.8, 4) is 0 Å². The summed E-state index contributed by atoms with van der Waals surface area (Å²) in [4.78, 5) is 14.3. The molecule has 2 aromatic carbocycles. The summed E-state index contributed by atoms with van der Waals surface area (Å²) in [5, 5.41) is 3.28. The zero-order valence-electron chi connectivity index (χ0n) is 14.7. The molecule has 0 unspecified atom stereocenters. The van der Waals surface area contributed by atoms with Gasteiger partial charge in [0.05, 0.1) is 16.4 Å². The van der Waals surface area contributed by atoms with Gasteiger partial charge < -0.3 is 10.2 Å².